The Morgan fingerprint density at radius 1 is 0.607 bits per heavy atom. The highest BCUT2D eigenvalue weighted by atomic mass is 16.4. The summed E-state index contributed by atoms with van der Waals surface area (Å²) in [6.45, 7) is 1.08. The summed E-state index contributed by atoms with van der Waals surface area (Å²) in [6, 6.07) is -13.5. The van der Waals surface area contributed by atoms with E-state index in [-0.39, 0.29) is 80.8 Å². The number of carboxylic acid groups (broad SMARTS) is 2. The SMILES string of the molecule is CC(C)C[C@H](NC(=O)[C@H](Cc1cnc[nH]1)NC(=O)[C@H](CC(=O)O)NC(=O)[C@H](CO)NC(=O)[C@H](CCCN=C(N)N)NC(=O)c1ncn2c(=O)n(C)nnc12)C(=O)N[C@@H](CO)C(=O)N[C@@H](CCCN=C(N)N)C(=O)N[C@@H](Cc1cnc[nH]1)C(=O)O. The molecule has 8 amide bonds. The molecule has 0 saturated heterocycles. The van der Waals surface area contributed by atoms with Crippen LogP contribution in [0.4, 0.5) is 0 Å². The molecular weight excluding hydrogens is 1110 g/mol. The second kappa shape index (κ2) is 32.3. The summed E-state index contributed by atoms with van der Waals surface area (Å²) in [5, 5.41) is 66.5. The van der Waals surface area contributed by atoms with E-state index >= 15 is 0 Å². The maximum absolute atomic E-state index is 14.2. The van der Waals surface area contributed by atoms with Gasteiger partial charge in [0.2, 0.25) is 41.4 Å². The highest BCUT2D eigenvalue weighted by molar-refractivity contribution is 6.02. The smallest absolute Gasteiger partial charge is 0.352 e. The first-order valence-electron chi connectivity index (χ1n) is 25.7. The van der Waals surface area contributed by atoms with Gasteiger partial charge in [0, 0.05) is 56.8 Å². The lowest BCUT2D eigenvalue weighted by atomic mass is 10.0. The number of aromatic nitrogens is 9. The number of aryl methyl sites for hydroxylation is 1. The number of rotatable bonds is 35. The summed E-state index contributed by atoms with van der Waals surface area (Å²) >= 11 is 0. The van der Waals surface area contributed by atoms with Crippen LogP contribution in [0, 0.1) is 5.92 Å². The van der Waals surface area contributed by atoms with E-state index in [1.165, 1.54) is 32.1 Å². The molecule has 84 heavy (non-hydrogen) atoms. The number of carbonyl (C=O) groups is 10. The minimum absolute atomic E-state index is 0.0119. The Morgan fingerprint density at radius 3 is 1.51 bits per heavy atom. The highest BCUT2D eigenvalue weighted by Gasteiger charge is 2.36. The van der Waals surface area contributed by atoms with Crippen LogP contribution in [0.5, 0.6) is 0 Å². The van der Waals surface area contributed by atoms with Gasteiger partial charge in [-0.05, 0) is 38.0 Å². The molecule has 8 atom stereocenters. The number of aliphatic hydroxyl groups excluding tert-OH is 2. The number of H-pyrrole nitrogens is 2. The number of nitrogens with zero attached hydrogens (tertiary/aromatic N) is 9. The standard InChI is InChI=1S/C46H69N23O15/c1-21(2)10-26(37(76)65-30(16-70)40(79)58-24(6-4-8-53-44(47)48)35(74)63-29(43(82)83)12-23-15-52-19-56-23)60-38(77)27(11-22-14-51-18-55-22)61-39(78)28(13-32(72)73)62-41(80)31(17-71)64-36(75)25(7-5-9-54-45(49)50)59-42(81)33-34-66-67-68(3)46(84)69(34)20-57-33/h14-15,18-21,24-31,70-71H,4-13,16-17H2,1-3H3,(H,51,55)(H,52,56)(H,58,79)(H,59,81)(H,60,77)(H,61,78)(H,62,80)(H,63,74)(H,64,75)(H,65,76)(H,72,73)(H,82,83)(H4,47,48,53)(H4,49,50,54)/t24-,25-,26-,27-,28-,29-,30-,31-/m0/s1. The van der Waals surface area contributed by atoms with Crippen molar-refractivity contribution in [3.63, 3.8) is 0 Å². The number of aromatic amines is 2. The third kappa shape index (κ3) is 20.8. The molecule has 0 aliphatic carbocycles. The van der Waals surface area contributed by atoms with Crippen LogP contribution in [0.2, 0.25) is 0 Å². The number of aliphatic imine (C=N–C) groups is 2. The molecule has 0 spiro atoms. The number of aliphatic carboxylic acids is 2. The number of carboxylic acids is 2. The van der Waals surface area contributed by atoms with Crippen molar-refractivity contribution in [2.45, 2.75) is 114 Å². The largest absolute Gasteiger partial charge is 0.481 e. The summed E-state index contributed by atoms with van der Waals surface area (Å²) < 4.78 is 1.79. The monoisotopic (exact) mass is 1180 g/mol. The average Bonchev–Trinajstić information content (AvgIpc) is 3.72. The summed E-state index contributed by atoms with van der Waals surface area (Å²) in [5.74, 6) is -12.9. The Balaban J connectivity index is 1.52. The van der Waals surface area contributed by atoms with E-state index in [4.69, 9.17) is 22.9 Å². The first kappa shape index (κ1) is 66.4. The molecule has 458 valence electrons. The number of carbonyl (C=O) groups excluding carboxylic acids is 8. The molecule has 4 rings (SSSR count). The predicted molar refractivity (Wildman–Crippen MR) is 289 cm³/mol. The highest BCUT2D eigenvalue weighted by Crippen LogP contribution is 2.11. The number of nitrogens with one attached hydrogen (secondary N) is 10. The number of aliphatic hydroxyl groups is 2. The zero-order valence-corrected chi connectivity index (χ0v) is 45.7. The lowest BCUT2D eigenvalue weighted by Gasteiger charge is -2.28. The molecule has 4 aromatic rings. The third-order valence-corrected chi connectivity index (χ3v) is 12.0. The Kier molecular flexibility index (Phi) is 25.6. The van der Waals surface area contributed by atoms with E-state index in [1.807, 2.05) is 0 Å². The number of fused-ring (bicyclic) bond motifs is 1. The topological polar surface area (TPSA) is 599 Å². The van der Waals surface area contributed by atoms with Crippen LogP contribution in [0.15, 0.2) is 46.2 Å². The number of imidazole rings is 3. The van der Waals surface area contributed by atoms with Crippen LogP contribution in [0.3, 0.4) is 0 Å². The van der Waals surface area contributed by atoms with Crippen molar-refractivity contribution >= 4 is 76.8 Å². The molecule has 22 N–H and O–H groups in total. The van der Waals surface area contributed by atoms with E-state index in [2.05, 4.69) is 87.8 Å². The molecule has 0 saturated carbocycles. The van der Waals surface area contributed by atoms with Crippen molar-refractivity contribution in [2.75, 3.05) is 26.3 Å². The van der Waals surface area contributed by atoms with Crippen molar-refractivity contribution in [2.24, 2.45) is 45.9 Å². The molecular formula is C46H69N23O15. The summed E-state index contributed by atoms with van der Waals surface area (Å²) in [6.07, 6.45) is 4.04. The second-order valence-corrected chi connectivity index (χ2v) is 19.1. The van der Waals surface area contributed by atoms with Crippen molar-refractivity contribution in [1.29, 1.82) is 0 Å². The van der Waals surface area contributed by atoms with Gasteiger partial charge in [0.25, 0.3) is 5.91 Å². The normalized spacial score (nSPS) is 13.9. The fourth-order valence-corrected chi connectivity index (χ4v) is 7.84. The van der Waals surface area contributed by atoms with Crippen LogP contribution >= 0.6 is 0 Å². The quantitative estimate of drug-likeness (QED) is 0.0116. The third-order valence-electron chi connectivity index (χ3n) is 12.0. The zero-order valence-electron chi connectivity index (χ0n) is 45.7. The van der Waals surface area contributed by atoms with Crippen LogP contribution in [-0.4, -0.2) is 210 Å². The van der Waals surface area contributed by atoms with E-state index in [0.29, 0.717) is 5.69 Å². The molecule has 0 aromatic carbocycles. The summed E-state index contributed by atoms with van der Waals surface area (Å²) in [7, 11) is 1.30. The molecule has 38 heteroatoms. The first-order chi connectivity index (χ1) is 39.8. The van der Waals surface area contributed by atoms with Gasteiger partial charge in [-0.15, -0.1) is 5.10 Å². The van der Waals surface area contributed by atoms with E-state index in [9.17, 15) is 73.2 Å². The van der Waals surface area contributed by atoms with Gasteiger partial charge in [0.05, 0.1) is 32.3 Å². The molecule has 0 aliphatic heterocycles. The number of nitrogens with two attached hydrogens (primary N) is 4. The Hall–Kier alpha value is -10.1. The zero-order chi connectivity index (χ0) is 62.2. The van der Waals surface area contributed by atoms with E-state index in [1.54, 1.807) is 13.8 Å². The molecule has 4 heterocycles. The molecule has 0 unspecified atom stereocenters. The van der Waals surface area contributed by atoms with Crippen molar-refractivity contribution in [1.82, 2.24) is 86.8 Å². The van der Waals surface area contributed by atoms with E-state index < -0.39 is 145 Å². The van der Waals surface area contributed by atoms with Gasteiger partial charge in [-0.1, -0.05) is 19.1 Å². The Bertz CT molecular complexity index is 3050. The van der Waals surface area contributed by atoms with Crippen LogP contribution in [-0.2, 0) is 63.0 Å². The number of amides is 8. The molecule has 0 bridgehead atoms. The average molecular weight is 1180 g/mol. The van der Waals surface area contributed by atoms with Gasteiger partial charge in [0.15, 0.2) is 23.3 Å². The van der Waals surface area contributed by atoms with Gasteiger partial charge in [-0.3, -0.25) is 53.1 Å². The number of hydrogen-bond acceptors (Lipinski definition) is 20. The van der Waals surface area contributed by atoms with Crippen molar-refractivity contribution in [3.05, 3.63) is 58.9 Å². The van der Waals surface area contributed by atoms with Gasteiger partial charge >= 0.3 is 17.6 Å². The molecule has 4 aromatic heterocycles. The fraction of sp³-hybridized carbons (Fsp3) is 0.522. The molecule has 0 radical (unpaired) electrons. The molecule has 0 aliphatic rings. The summed E-state index contributed by atoms with van der Waals surface area (Å²) in [4.78, 5) is 172. The van der Waals surface area contributed by atoms with Crippen LogP contribution in [0.25, 0.3) is 5.65 Å². The number of hydrogen-bond donors (Lipinski definition) is 18. The second-order valence-electron chi connectivity index (χ2n) is 19.1. The minimum Gasteiger partial charge on any atom is -0.481 e. The van der Waals surface area contributed by atoms with Gasteiger partial charge < -0.3 is 95.9 Å². The lowest BCUT2D eigenvalue weighted by molar-refractivity contribution is -0.142. The maximum Gasteiger partial charge on any atom is 0.352 e. The number of guanidine groups is 2. The van der Waals surface area contributed by atoms with Gasteiger partial charge in [0.1, 0.15) is 54.7 Å². The van der Waals surface area contributed by atoms with Crippen molar-refractivity contribution < 1.29 is 68.4 Å². The first-order valence-corrected chi connectivity index (χ1v) is 25.7. The fourth-order valence-electron chi connectivity index (χ4n) is 7.84. The van der Waals surface area contributed by atoms with Crippen LogP contribution < -0.4 is 71.2 Å². The van der Waals surface area contributed by atoms with Crippen LogP contribution in [0.1, 0.15) is 74.2 Å². The van der Waals surface area contributed by atoms with E-state index in [0.717, 1.165) is 15.4 Å². The Morgan fingerprint density at radius 2 is 1.04 bits per heavy atom. The van der Waals surface area contributed by atoms with Crippen molar-refractivity contribution in [3.8, 4) is 0 Å². The van der Waals surface area contributed by atoms with Gasteiger partial charge in [-0.2, -0.15) is 4.68 Å². The summed E-state index contributed by atoms with van der Waals surface area (Å²) in [5.41, 5.74) is 20.8. The lowest BCUT2D eigenvalue weighted by Crippen LogP contribution is -2.61. The minimum atomic E-state index is -2.03. The Labute approximate surface area is 475 Å². The molecule has 0 fully saturated rings. The molecule has 38 nitrogen and oxygen atoms in total. The maximum atomic E-state index is 14.2. The predicted octanol–water partition coefficient (Wildman–Crippen LogP) is -9.06. The van der Waals surface area contributed by atoms with Gasteiger partial charge in [-0.25, -0.2) is 28.9 Å².